The summed E-state index contributed by atoms with van der Waals surface area (Å²) in [6.45, 7) is 0. The van der Waals surface area contributed by atoms with Crippen molar-refractivity contribution in [3.63, 3.8) is 0 Å². The van der Waals surface area contributed by atoms with E-state index >= 15 is 0 Å². The van der Waals surface area contributed by atoms with Gasteiger partial charge in [0.05, 0.1) is 5.39 Å². The molecule has 0 atom stereocenters. The first-order valence-corrected chi connectivity index (χ1v) is 14.8. The number of hydrogen-bond acceptors (Lipinski definition) is 6. The standard InChI is InChI=1S/C39H23N5O/c1-2-10-28-22-29(21-16-24(28)8-1)36-41-35(27-19-17-26(18-20-27)31-14-7-11-25-9-3-4-12-30(25)31)42-38(43-36)37-40-23-33-32-13-5-6-15-34(32)45-39(33)44-37/h1-23H. The first kappa shape index (κ1) is 25.2. The maximum Gasteiger partial charge on any atom is 0.231 e. The van der Waals surface area contributed by atoms with Crippen LogP contribution in [0.1, 0.15) is 0 Å². The van der Waals surface area contributed by atoms with E-state index in [1.165, 1.54) is 16.3 Å². The summed E-state index contributed by atoms with van der Waals surface area (Å²) >= 11 is 0. The van der Waals surface area contributed by atoms with Crippen molar-refractivity contribution in [3.05, 3.63) is 140 Å². The Balaban J connectivity index is 1.19. The minimum atomic E-state index is 0.375. The van der Waals surface area contributed by atoms with Gasteiger partial charge in [-0.15, -0.1) is 0 Å². The van der Waals surface area contributed by atoms with E-state index in [1.807, 2.05) is 42.5 Å². The molecule has 0 fully saturated rings. The third-order valence-electron chi connectivity index (χ3n) is 8.22. The molecule has 0 N–H and O–H groups in total. The predicted octanol–water partition coefficient (Wildman–Crippen LogP) is 9.54. The Morgan fingerprint density at radius 2 is 1.04 bits per heavy atom. The molecule has 3 aromatic heterocycles. The molecule has 0 saturated carbocycles. The number of hydrogen-bond donors (Lipinski definition) is 0. The van der Waals surface area contributed by atoms with Crippen LogP contribution < -0.4 is 0 Å². The molecule has 210 valence electrons. The van der Waals surface area contributed by atoms with Gasteiger partial charge in [-0.25, -0.2) is 19.9 Å². The highest BCUT2D eigenvalue weighted by Gasteiger charge is 2.17. The normalized spacial score (nSPS) is 11.6. The molecule has 0 spiro atoms. The van der Waals surface area contributed by atoms with E-state index in [4.69, 9.17) is 24.4 Å². The molecule has 6 nitrogen and oxygen atoms in total. The van der Waals surface area contributed by atoms with E-state index in [0.717, 1.165) is 43.8 Å². The molecular formula is C39H23N5O. The van der Waals surface area contributed by atoms with Gasteiger partial charge in [0, 0.05) is 22.7 Å². The second-order valence-corrected chi connectivity index (χ2v) is 11.0. The van der Waals surface area contributed by atoms with Crippen LogP contribution in [0.25, 0.3) is 89.2 Å². The lowest BCUT2D eigenvalue weighted by atomic mass is 9.97. The molecular weight excluding hydrogens is 554 g/mol. The van der Waals surface area contributed by atoms with Gasteiger partial charge in [-0.1, -0.05) is 121 Å². The van der Waals surface area contributed by atoms with Gasteiger partial charge in [-0.2, -0.15) is 4.98 Å². The zero-order valence-electron chi connectivity index (χ0n) is 23.9. The molecule has 0 aliphatic heterocycles. The van der Waals surface area contributed by atoms with Crippen LogP contribution in [0.2, 0.25) is 0 Å². The molecule has 0 radical (unpaired) electrons. The van der Waals surface area contributed by atoms with Crippen LogP contribution in [0.3, 0.4) is 0 Å². The smallest absolute Gasteiger partial charge is 0.231 e. The summed E-state index contributed by atoms with van der Waals surface area (Å²) in [5.74, 6) is 1.84. The molecule has 0 aliphatic rings. The quantitative estimate of drug-likeness (QED) is 0.207. The molecule has 9 aromatic rings. The van der Waals surface area contributed by atoms with Gasteiger partial charge in [0.1, 0.15) is 5.58 Å². The number of fused-ring (bicyclic) bond motifs is 5. The summed E-state index contributed by atoms with van der Waals surface area (Å²) in [5, 5.41) is 6.51. The Hall–Kier alpha value is -6.27. The molecule has 0 aliphatic carbocycles. The van der Waals surface area contributed by atoms with E-state index in [-0.39, 0.29) is 0 Å². The highest BCUT2D eigenvalue weighted by Crippen LogP contribution is 2.32. The van der Waals surface area contributed by atoms with Crippen molar-refractivity contribution in [2.75, 3.05) is 0 Å². The van der Waals surface area contributed by atoms with Crippen LogP contribution in [-0.2, 0) is 0 Å². The fourth-order valence-corrected chi connectivity index (χ4v) is 5.96. The topological polar surface area (TPSA) is 77.6 Å². The van der Waals surface area contributed by atoms with Crippen LogP contribution in [0.4, 0.5) is 0 Å². The molecule has 0 unspecified atom stereocenters. The number of rotatable bonds is 4. The Kier molecular flexibility index (Phi) is 5.71. The minimum Gasteiger partial charge on any atom is -0.438 e. The Morgan fingerprint density at radius 3 is 1.91 bits per heavy atom. The molecule has 6 heteroatoms. The SMILES string of the molecule is c1ccc2cc(-c3nc(-c4ccc(-c5cccc6ccccc56)cc4)nc(-c4ncc5c(n4)oc4ccccc45)n3)ccc2c1. The van der Waals surface area contributed by atoms with Crippen molar-refractivity contribution < 1.29 is 4.42 Å². The highest BCUT2D eigenvalue weighted by molar-refractivity contribution is 6.03. The van der Waals surface area contributed by atoms with Crippen molar-refractivity contribution in [3.8, 4) is 45.6 Å². The number of furan rings is 1. The summed E-state index contributed by atoms with van der Waals surface area (Å²) in [6.07, 6.45) is 1.78. The predicted molar refractivity (Wildman–Crippen MR) is 179 cm³/mol. The Morgan fingerprint density at radius 1 is 0.400 bits per heavy atom. The van der Waals surface area contributed by atoms with E-state index in [0.29, 0.717) is 29.0 Å². The lowest BCUT2D eigenvalue weighted by Gasteiger charge is -2.10. The van der Waals surface area contributed by atoms with Crippen LogP contribution >= 0.6 is 0 Å². The van der Waals surface area contributed by atoms with Gasteiger partial charge < -0.3 is 4.42 Å². The maximum atomic E-state index is 6.06. The maximum absolute atomic E-state index is 6.06. The summed E-state index contributed by atoms with van der Waals surface area (Å²) in [4.78, 5) is 24.1. The van der Waals surface area contributed by atoms with Crippen LogP contribution in [0.5, 0.6) is 0 Å². The van der Waals surface area contributed by atoms with Gasteiger partial charge in [0.2, 0.25) is 17.4 Å². The molecule has 45 heavy (non-hydrogen) atoms. The summed E-state index contributed by atoms with van der Waals surface area (Å²) in [6, 6.07) is 45.5. The lowest BCUT2D eigenvalue weighted by molar-refractivity contribution is 0.653. The van der Waals surface area contributed by atoms with Crippen LogP contribution in [-0.4, -0.2) is 24.9 Å². The average molecular weight is 578 g/mol. The Labute approximate surface area is 257 Å². The number of aromatic nitrogens is 5. The molecule has 0 saturated heterocycles. The van der Waals surface area contributed by atoms with Crippen LogP contribution in [0.15, 0.2) is 144 Å². The molecule has 0 amide bonds. The zero-order chi connectivity index (χ0) is 29.7. The number of benzene rings is 6. The third-order valence-corrected chi connectivity index (χ3v) is 8.22. The Bertz CT molecular complexity index is 2550. The highest BCUT2D eigenvalue weighted by atomic mass is 16.3. The summed E-state index contributed by atoms with van der Waals surface area (Å²) in [5.41, 5.74) is 5.32. The number of nitrogens with zero attached hydrogens (tertiary/aromatic N) is 5. The zero-order valence-corrected chi connectivity index (χ0v) is 23.9. The average Bonchev–Trinajstić information content (AvgIpc) is 3.49. The van der Waals surface area contributed by atoms with Gasteiger partial charge in [-0.3, -0.25) is 0 Å². The second-order valence-electron chi connectivity index (χ2n) is 11.0. The van der Waals surface area contributed by atoms with Gasteiger partial charge >= 0.3 is 0 Å². The van der Waals surface area contributed by atoms with Crippen molar-refractivity contribution >= 4 is 43.6 Å². The molecule has 9 rings (SSSR count). The van der Waals surface area contributed by atoms with Crippen LogP contribution in [0, 0.1) is 0 Å². The fraction of sp³-hybridized carbons (Fsp3) is 0. The van der Waals surface area contributed by atoms with Crippen molar-refractivity contribution in [1.82, 2.24) is 24.9 Å². The first-order chi connectivity index (χ1) is 22.3. The van der Waals surface area contributed by atoms with Gasteiger partial charge in [-0.05, 0) is 44.8 Å². The fourth-order valence-electron chi connectivity index (χ4n) is 5.96. The van der Waals surface area contributed by atoms with E-state index in [1.54, 1.807) is 6.20 Å². The third kappa shape index (κ3) is 4.39. The van der Waals surface area contributed by atoms with Crippen molar-refractivity contribution in [2.24, 2.45) is 0 Å². The molecule has 3 heterocycles. The van der Waals surface area contributed by atoms with Gasteiger partial charge in [0.25, 0.3) is 0 Å². The van der Waals surface area contributed by atoms with Crippen molar-refractivity contribution in [2.45, 2.75) is 0 Å². The molecule has 6 aromatic carbocycles. The van der Waals surface area contributed by atoms with Crippen molar-refractivity contribution in [1.29, 1.82) is 0 Å². The van der Waals surface area contributed by atoms with Gasteiger partial charge in [0.15, 0.2) is 11.6 Å². The second kappa shape index (κ2) is 10.2. The van der Waals surface area contributed by atoms with E-state index < -0.39 is 0 Å². The van der Waals surface area contributed by atoms with E-state index in [9.17, 15) is 0 Å². The monoisotopic (exact) mass is 577 g/mol. The largest absolute Gasteiger partial charge is 0.438 e. The summed E-state index contributed by atoms with van der Waals surface area (Å²) < 4.78 is 6.06. The first-order valence-electron chi connectivity index (χ1n) is 14.8. The minimum absolute atomic E-state index is 0.375. The van der Waals surface area contributed by atoms with E-state index in [2.05, 4.69) is 96.0 Å². The molecule has 0 bridgehead atoms. The lowest BCUT2D eigenvalue weighted by Crippen LogP contribution is -2.02. The summed E-state index contributed by atoms with van der Waals surface area (Å²) in [7, 11) is 0. The number of para-hydroxylation sites is 1.